The summed E-state index contributed by atoms with van der Waals surface area (Å²) < 4.78 is 39.7. The fourth-order valence-corrected chi connectivity index (χ4v) is 3.72. The summed E-state index contributed by atoms with van der Waals surface area (Å²) in [7, 11) is 0. The van der Waals surface area contributed by atoms with E-state index >= 15 is 0 Å². The SMILES string of the molecule is Cc1c(C#N)cccc1C(C)Nc1nnc(C)c2cc(C(F)(F)F)c(Br)cc12. The summed E-state index contributed by atoms with van der Waals surface area (Å²) in [4.78, 5) is 0. The molecule has 144 valence electrons. The van der Waals surface area contributed by atoms with Gasteiger partial charge < -0.3 is 5.32 Å². The van der Waals surface area contributed by atoms with Gasteiger partial charge in [0, 0.05) is 15.2 Å². The van der Waals surface area contributed by atoms with Crippen molar-refractivity contribution in [3.05, 3.63) is 62.8 Å². The third-order valence-electron chi connectivity index (χ3n) is 4.67. The summed E-state index contributed by atoms with van der Waals surface area (Å²) in [5.41, 5.74) is 1.97. The summed E-state index contributed by atoms with van der Waals surface area (Å²) in [6, 6.07) is 9.85. The van der Waals surface area contributed by atoms with Gasteiger partial charge in [0.15, 0.2) is 5.82 Å². The second kappa shape index (κ2) is 7.40. The molecule has 1 aromatic heterocycles. The maximum absolute atomic E-state index is 13.2. The molecule has 0 aliphatic rings. The smallest absolute Gasteiger partial charge is 0.362 e. The van der Waals surface area contributed by atoms with Crippen molar-refractivity contribution in [3.63, 3.8) is 0 Å². The number of nitrogens with one attached hydrogen (secondary N) is 1. The minimum Gasteiger partial charge on any atom is -0.362 e. The lowest BCUT2D eigenvalue weighted by molar-refractivity contribution is -0.138. The molecule has 0 aliphatic carbocycles. The van der Waals surface area contributed by atoms with E-state index in [9.17, 15) is 18.4 Å². The Kier molecular flexibility index (Phi) is 5.31. The number of halogens is 4. The van der Waals surface area contributed by atoms with E-state index in [4.69, 9.17) is 0 Å². The minimum atomic E-state index is -4.47. The molecule has 0 fully saturated rings. The van der Waals surface area contributed by atoms with Crippen LogP contribution in [0.2, 0.25) is 0 Å². The molecule has 1 heterocycles. The monoisotopic (exact) mass is 448 g/mol. The number of hydrogen-bond donors (Lipinski definition) is 1. The maximum atomic E-state index is 13.2. The van der Waals surface area contributed by atoms with Crippen LogP contribution in [-0.4, -0.2) is 10.2 Å². The van der Waals surface area contributed by atoms with Crippen LogP contribution >= 0.6 is 15.9 Å². The molecule has 0 bridgehead atoms. The van der Waals surface area contributed by atoms with E-state index in [0.717, 1.165) is 17.2 Å². The number of nitrogens with zero attached hydrogens (tertiary/aromatic N) is 3. The molecule has 0 saturated carbocycles. The first-order valence-electron chi connectivity index (χ1n) is 8.43. The molecule has 4 nitrogen and oxygen atoms in total. The number of aryl methyl sites for hydroxylation is 1. The number of aromatic nitrogens is 2. The molecule has 1 unspecified atom stereocenters. The van der Waals surface area contributed by atoms with Crippen molar-refractivity contribution in [2.45, 2.75) is 33.0 Å². The normalized spacial score (nSPS) is 12.6. The first-order chi connectivity index (χ1) is 13.1. The number of alkyl halides is 3. The van der Waals surface area contributed by atoms with Crippen LogP contribution in [0.5, 0.6) is 0 Å². The lowest BCUT2D eigenvalue weighted by Gasteiger charge is -2.19. The Labute approximate surface area is 168 Å². The van der Waals surface area contributed by atoms with Crippen molar-refractivity contribution in [3.8, 4) is 6.07 Å². The Bertz CT molecular complexity index is 1100. The predicted molar refractivity (Wildman–Crippen MR) is 105 cm³/mol. The first kappa shape index (κ1) is 20.1. The Morgan fingerprint density at radius 3 is 2.50 bits per heavy atom. The van der Waals surface area contributed by atoms with E-state index in [2.05, 4.69) is 37.5 Å². The highest BCUT2D eigenvalue weighted by molar-refractivity contribution is 9.10. The Morgan fingerprint density at radius 2 is 1.86 bits per heavy atom. The van der Waals surface area contributed by atoms with Crippen LogP contribution in [0.4, 0.5) is 19.0 Å². The highest BCUT2D eigenvalue weighted by atomic mass is 79.9. The fourth-order valence-electron chi connectivity index (χ4n) is 3.15. The van der Waals surface area contributed by atoms with Gasteiger partial charge in [0.1, 0.15) is 0 Å². The molecule has 3 aromatic rings. The quantitative estimate of drug-likeness (QED) is 0.527. The summed E-state index contributed by atoms with van der Waals surface area (Å²) in [5, 5.41) is 21.5. The third kappa shape index (κ3) is 3.67. The van der Waals surface area contributed by atoms with Crippen molar-refractivity contribution in [2.24, 2.45) is 0 Å². The Balaban J connectivity index is 2.09. The number of anilines is 1. The van der Waals surface area contributed by atoms with Gasteiger partial charge >= 0.3 is 6.18 Å². The summed E-state index contributed by atoms with van der Waals surface area (Å²) in [6.07, 6.45) is -4.47. The van der Waals surface area contributed by atoms with Crippen LogP contribution in [0.3, 0.4) is 0 Å². The summed E-state index contributed by atoms with van der Waals surface area (Å²) >= 11 is 3.02. The van der Waals surface area contributed by atoms with Gasteiger partial charge in [0.05, 0.1) is 28.9 Å². The molecule has 28 heavy (non-hydrogen) atoms. The van der Waals surface area contributed by atoms with Crippen LogP contribution < -0.4 is 5.32 Å². The second-order valence-corrected chi connectivity index (χ2v) is 7.36. The zero-order chi connectivity index (χ0) is 20.6. The van der Waals surface area contributed by atoms with Crippen LogP contribution in [0, 0.1) is 25.2 Å². The van der Waals surface area contributed by atoms with E-state index in [1.165, 1.54) is 6.07 Å². The molecular weight excluding hydrogens is 433 g/mol. The van der Waals surface area contributed by atoms with E-state index in [1.807, 2.05) is 19.9 Å². The zero-order valence-corrected chi connectivity index (χ0v) is 16.9. The van der Waals surface area contributed by atoms with E-state index < -0.39 is 11.7 Å². The highest BCUT2D eigenvalue weighted by Crippen LogP contribution is 2.39. The fraction of sp³-hybridized carbons (Fsp3) is 0.250. The maximum Gasteiger partial charge on any atom is 0.417 e. The molecule has 8 heteroatoms. The lowest BCUT2D eigenvalue weighted by atomic mass is 9.98. The lowest BCUT2D eigenvalue weighted by Crippen LogP contribution is -2.12. The topological polar surface area (TPSA) is 61.6 Å². The van der Waals surface area contributed by atoms with Crippen molar-refractivity contribution in [1.82, 2.24) is 10.2 Å². The van der Waals surface area contributed by atoms with Gasteiger partial charge in [0.2, 0.25) is 0 Å². The van der Waals surface area contributed by atoms with Crippen molar-refractivity contribution < 1.29 is 13.2 Å². The summed E-state index contributed by atoms with van der Waals surface area (Å²) in [5.74, 6) is 0.379. The van der Waals surface area contributed by atoms with Gasteiger partial charge in [0.25, 0.3) is 0 Å². The number of nitriles is 1. The molecule has 0 spiro atoms. The zero-order valence-electron chi connectivity index (χ0n) is 15.3. The standard InChI is InChI=1S/C20H16BrF3N4/c1-10-13(9-25)5-4-6-14(10)11(2)26-19-16-8-18(21)17(20(22,23)24)7-15(16)12(3)27-28-19/h4-8,11H,1-3H3,(H,26,28). The number of hydrogen-bond acceptors (Lipinski definition) is 4. The molecule has 1 atom stereocenters. The molecule has 3 rings (SSSR count). The Morgan fingerprint density at radius 1 is 1.14 bits per heavy atom. The predicted octanol–water partition coefficient (Wildman–Crippen LogP) is 6.07. The largest absolute Gasteiger partial charge is 0.417 e. The van der Waals surface area contributed by atoms with E-state index in [1.54, 1.807) is 19.1 Å². The van der Waals surface area contributed by atoms with E-state index in [-0.39, 0.29) is 10.5 Å². The van der Waals surface area contributed by atoms with Gasteiger partial charge in [-0.1, -0.05) is 28.1 Å². The third-order valence-corrected chi connectivity index (χ3v) is 5.33. The molecule has 0 aliphatic heterocycles. The van der Waals surface area contributed by atoms with Crippen molar-refractivity contribution >= 4 is 32.5 Å². The number of benzene rings is 2. The number of rotatable bonds is 3. The van der Waals surface area contributed by atoms with Gasteiger partial charge in [-0.2, -0.15) is 23.5 Å². The second-order valence-electron chi connectivity index (χ2n) is 6.51. The highest BCUT2D eigenvalue weighted by Gasteiger charge is 2.33. The van der Waals surface area contributed by atoms with Crippen LogP contribution in [-0.2, 0) is 6.18 Å². The molecule has 0 amide bonds. The van der Waals surface area contributed by atoms with Gasteiger partial charge in [-0.3, -0.25) is 0 Å². The molecule has 0 radical (unpaired) electrons. The minimum absolute atomic E-state index is 0.0572. The van der Waals surface area contributed by atoms with Gasteiger partial charge in [-0.15, -0.1) is 5.10 Å². The molecule has 0 saturated heterocycles. The van der Waals surface area contributed by atoms with Gasteiger partial charge in [-0.05, 0) is 50.1 Å². The van der Waals surface area contributed by atoms with Crippen molar-refractivity contribution in [2.75, 3.05) is 5.32 Å². The molecular formula is C20H16BrF3N4. The number of fused-ring (bicyclic) bond motifs is 1. The van der Waals surface area contributed by atoms with Crippen LogP contribution in [0.25, 0.3) is 10.8 Å². The average Bonchev–Trinajstić information content (AvgIpc) is 2.63. The van der Waals surface area contributed by atoms with Gasteiger partial charge in [-0.25, -0.2) is 0 Å². The molecule has 2 aromatic carbocycles. The van der Waals surface area contributed by atoms with Crippen LogP contribution in [0.1, 0.15) is 40.9 Å². The summed E-state index contributed by atoms with van der Waals surface area (Å²) in [6.45, 7) is 5.38. The molecule has 1 N–H and O–H groups in total. The van der Waals surface area contributed by atoms with Crippen LogP contribution in [0.15, 0.2) is 34.8 Å². The van der Waals surface area contributed by atoms with Crippen molar-refractivity contribution in [1.29, 1.82) is 5.26 Å². The average molecular weight is 449 g/mol. The Hall–Kier alpha value is -2.66. The van der Waals surface area contributed by atoms with E-state index in [0.29, 0.717) is 27.8 Å². The first-order valence-corrected chi connectivity index (χ1v) is 9.22.